The lowest BCUT2D eigenvalue weighted by molar-refractivity contribution is 0.0874. The Morgan fingerprint density at radius 2 is 2.29 bits per heavy atom. The summed E-state index contributed by atoms with van der Waals surface area (Å²) in [5, 5.41) is 0. The Kier molecular flexibility index (Phi) is 4.33. The number of rotatable bonds is 4. The van der Waals surface area contributed by atoms with Crippen molar-refractivity contribution in [3.05, 3.63) is 32.6 Å². The zero-order valence-corrected chi connectivity index (χ0v) is 9.91. The van der Waals surface area contributed by atoms with E-state index in [1.165, 1.54) is 10.8 Å². The molecule has 0 saturated heterocycles. The number of nitrogens with zero attached hydrogens (tertiary/aromatic N) is 1. The highest BCUT2D eigenvalue weighted by molar-refractivity contribution is 14.1. The van der Waals surface area contributed by atoms with Crippen LogP contribution in [0.4, 0.5) is 0 Å². The van der Waals surface area contributed by atoms with E-state index in [0.717, 1.165) is 4.43 Å². The molecule has 0 aliphatic heterocycles. The van der Waals surface area contributed by atoms with Gasteiger partial charge in [0.25, 0.3) is 5.56 Å². The number of H-pyrrole nitrogens is 1. The summed E-state index contributed by atoms with van der Waals surface area (Å²) in [6, 6.07) is 0. The van der Waals surface area contributed by atoms with E-state index in [2.05, 4.69) is 27.6 Å². The maximum absolute atomic E-state index is 11.2. The fourth-order valence-electron chi connectivity index (χ4n) is 0.932. The summed E-state index contributed by atoms with van der Waals surface area (Å²) in [4.78, 5) is 24.4. The van der Waals surface area contributed by atoms with Gasteiger partial charge < -0.3 is 4.74 Å². The summed E-state index contributed by atoms with van der Waals surface area (Å²) in [6.45, 7) is 2.41. The fourth-order valence-corrected chi connectivity index (χ4v) is 1.24. The minimum absolute atomic E-state index is 0.180. The molecule has 78 valence electrons. The predicted octanol–water partition coefficient (Wildman–Crippen LogP) is 0.254. The Balaban J connectivity index is 2.82. The van der Waals surface area contributed by atoms with E-state index in [4.69, 9.17) is 4.74 Å². The van der Waals surface area contributed by atoms with Crippen molar-refractivity contribution in [1.82, 2.24) is 9.55 Å². The molecule has 0 unspecified atom stereocenters. The second kappa shape index (κ2) is 5.30. The van der Waals surface area contributed by atoms with Gasteiger partial charge >= 0.3 is 5.69 Å². The van der Waals surface area contributed by atoms with Crippen molar-refractivity contribution >= 4 is 22.6 Å². The Hall–Kier alpha value is -0.630. The van der Waals surface area contributed by atoms with Gasteiger partial charge in [-0.05, 0) is 6.92 Å². The molecule has 0 amide bonds. The number of halogens is 1. The molecule has 1 rings (SSSR count). The molecule has 0 aliphatic rings. The van der Waals surface area contributed by atoms with Crippen LogP contribution in [0.1, 0.15) is 5.56 Å². The lowest BCUT2D eigenvalue weighted by Gasteiger charge is -2.05. The molecule has 0 aromatic carbocycles. The van der Waals surface area contributed by atoms with Gasteiger partial charge in [0.1, 0.15) is 6.73 Å². The lowest BCUT2D eigenvalue weighted by atomic mass is 10.4. The van der Waals surface area contributed by atoms with Gasteiger partial charge in [0, 0.05) is 16.2 Å². The first kappa shape index (κ1) is 11.4. The molecule has 1 N–H and O–H groups in total. The lowest BCUT2D eigenvalue weighted by Crippen LogP contribution is -2.31. The Morgan fingerprint density at radius 1 is 1.57 bits per heavy atom. The third-order valence-electron chi connectivity index (χ3n) is 1.64. The monoisotopic (exact) mass is 310 g/mol. The van der Waals surface area contributed by atoms with E-state index in [1.807, 2.05) is 0 Å². The summed E-state index contributed by atoms with van der Waals surface area (Å²) in [5.41, 5.74) is -0.281. The molecule has 0 atom stereocenters. The van der Waals surface area contributed by atoms with Crippen LogP contribution in [0.15, 0.2) is 15.8 Å². The molecule has 0 radical (unpaired) electrons. The van der Waals surface area contributed by atoms with Crippen LogP contribution < -0.4 is 11.2 Å². The van der Waals surface area contributed by atoms with Crippen LogP contribution in [0.2, 0.25) is 0 Å². The summed E-state index contributed by atoms with van der Waals surface area (Å²) in [7, 11) is 0. The van der Waals surface area contributed by atoms with Crippen LogP contribution in [-0.4, -0.2) is 20.6 Å². The number of nitrogens with one attached hydrogen (secondary N) is 1. The van der Waals surface area contributed by atoms with Crippen LogP contribution >= 0.6 is 22.6 Å². The van der Waals surface area contributed by atoms with Gasteiger partial charge in [-0.15, -0.1) is 0 Å². The molecular formula is C8H11IN2O3. The van der Waals surface area contributed by atoms with Gasteiger partial charge in [0.2, 0.25) is 0 Å². The van der Waals surface area contributed by atoms with E-state index >= 15 is 0 Å². The largest absolute Gasteiger partial charge is 0.360 e. The molecule has 1 aromatic heterocycles. The summed E-state index contributed by atoms with van der Waals surface area (Å²) < 4.78 is 7.38. The van der Waals surface area contributed by atoms with Gasteiger partial charge in [-0.2, -0.15) is 0 Å². The van der Waals surface area contributed by atoms with Crippen molar-refractivity contribution in [2.75, 3.05) is 11.0 Å². The average molecular weight is 310 g/mol. The molecule has 5 nitrogen and oxygen atoms in total. The molecular weight excluding hydrogens is 299 g/mol. The standard InChI is InChI=1S/C8H11IN2O3/c1-6-4-11(5-14-3-2-9)8(13)10-7(6)12/h4H,2-3,5H2,1H3,(H,10,12,13). The first-order valence-corrected chi connectivity index (χ1v) is 5.62. The third kappa shape index (κ3) is 2.95. The number of ether oxygens (including phenoxy) is 1. The minimum atomic E-state index is -0.436. The first-order valence-electron chi connectivity index (χ1n) is 4.09. The molecule has 6 heteroatoms. The van der Waals surface area contributed by atoms with E-state index in [-0.39, 0.29) is 12.3 Å². The maximum Gasteiger partial charge on any atom is 0.330 e. The fraction of sp³-hybridized carbons (Fsp3) is 0.500. The van der Waals surface area contributed by atoms with Crippen molar-refractivity contribution in [1.29, 1.82) is 0 Å². The minimum Gasteiger partial charge on any atom is -0.360 e. The molecule has 0 fully saturated rings. The van der Waals surface area contributed by atoms with Crippen molar-refractivity contribution in [3.63, 3.8) is 0 Å². The SMILES string of the molecule is Cc1cn(COCCI)c(=O)[nH]c1=O. The van der Waals surface area contributed by atoms with Crippen LogP contribution in [0, 0.1) is 6.92 Å². The predicted molar refractivity (Wildman–Crippen MR) is 60.9 cm³/mol. The van der Waals surface area contributed by atoms with Crippen molar-refractivity contribution in [2.24, 2.45) is 0 Å². The van der Waals surface area contributed by atoms with Gasteiger partial charge in [-0.25, -0.2) is 4.79 Å². The highest BCUT2D eigenvalue weighted by atomic mass is 127. The molecule has 1 heterocycles. The summed E-state index contributed by atoms with van der Waals surface area (Å²) >= 11 is 2.18. The smallest absolute Gasteiger partial charge is 0.330 e. The number of aryl methyl sites for hydroxylation is 1. The quantitative estimate of drug-likeness (QED) is 0.493. The molecule has 1 aromatic rings. The number of alkyl halides is 1. The zero-order valence-electron chi connectivity index (χ0n) is 7.75. The summed E-state index contributed by atoms with van der Waals surface area (Å²) in [6.07, 6.45) is 1.49. The maximum atomic E-state index is 11.2. The van der Waals surface area contributed by atoms with Crippen LogP contribution in [0.5, 0.6) is 0 Å². The first-order chi connectivity index (χ1) is 6.65. The molecule has 14 heavy (non-hydrogen) atoms. The highest BCUT2D eigenvalue weighted by Gasteiger charge is 1.99. The number of hydrogen-bond acceptors (Lipinski definition) is 3. The Labute approximate surface area is 94.2 Å². The number of aromatic amines is 1. The molecule has 0 saturated carbocycles. The van der Waals surface area contributed by atoms with Gasteiger partial charge in [-0.1, -0.05) is 22.6 Å². The van der Waals surface area contributed by atoms with Crippen LogP contribution in [-0.2, 0) is 11.5 Å². The molecule has 0 aliphatic carbocycles. The second-order valence-electron chi connectivity index (χ2n) is 2.77. The van der Waals surface area contributed by atoms with E-state index in [1.54, 1.807) is 6.92 Å². The molecule has 0 bridgehead atoms. The summed E-state index contributed by atoms with van der Waals surface area (Å²) in [5.74, 6) is 0. The zero-order chi connectivity index (χ0) is 10.6. The Bertz CT molecular complexity index is 410. The number of aromatic nitrogens is 2. The Morgan fingerprint density at radius 3 is 2.93 bits per heavy atom. The number of hydrogen-bond donors (Lipinski definition) is 1. The van der Waals surface area contributed by atoms with E-state index in [9.17, 15) is 9.59 Å². The molecule has 0 spiro atoms. The third-order valence-corrected chi connectivity index (χ3v) is 2.08. The van der Waals surface area contributed by atoms with Crippen molar-refractivity contribution in [2.45, 2.75) is 13.7 Å². The van der Waals surface area contributed by atoms with Gasteiger partial charge in [0.05, 0.1) is 6.61 Å². The topological polar surface area (TPSA) is 64.1 Å². The van der Waals surface area contributed by atoms with Gasteiger partial charge in [-0.3, -0.25) is 14.3 Å². The van der Waals surface area contributed by atoms with Crippen molar-refractivity contribution in [3.8, 4) is 0 Å². The van der Waals surface area contributed by atoms with Crippen LogP contribution in [0.3, 0.4) is 0 Å². The second-order valence-corrected chi connectivity index (χ2v) is 3.85. The highest BCUT2D eigenvalue weighted by Crippen LogP contribution is 1.87. The van der Waals surface area contributed by atoms with Gasteiger partial charge in [0.15, 0.2) is 0 Å². The normalized spacial score (nSPS) is 10.4. The van der Waals surface area contributed by atoms with E-state index in [0.29, 0.717) is 12.2 Å². The van der Waals surface area contributed by atoms with E-state index < -0.39 is 5.69 Å². The average Bonchev–Trinajstić information content (AvgIpc) is 2.14. The van der Waals surface area contributed by atoms with Crippen LogP contribution in [0.25, 0.3) is 0 Å². The van der Waals surface area contributed by atoms with Crippen molar-refractivity contribution < 1.29 is 4.74 Å².